The smallest absolute Gasteiger partial charge is 0.213 e. The van der Waals surface area contributed by atoms with E-state index in [1.54, 1.807) is 13.3 Å². The maximum absolute atomic E-state index is 11.9. The van der Waals surface area contributed by atoms with Crippen LogP contribution in [0.3, 0.4) is 0 Å². The first kappa shape index (κ1) is 23.9. The van der Waals surface area contributed by atoms with Gasteiger partial charge in [-0.15, -0.1) is 0 Å². The quantitative estimate of drug-likeness (QED) is 0.536. The van der Waals surface area contributed by atoms with Crippen LogP contribution in [0.5, 0.6) is 5.88 Å². The van der Waals surface area contributed by atoms with Crippen molar-refractivity contribution in [1.29, 1.82) is 0 Å². The number of methoxy groups -OCH3 is 1. The van der Waals surface area contributed by atoms with Crippen molar-refractivity contribution in [2.24, 2.45) is 11.8 Å². The van der Waals surface area contributed by atoms with E-state index in [0.29, 0.717) is 17.8 Å². The van der Waals surface area contributed by atoms with E-state index in [-0.39, 0.29) is 5.25 Å². The lowest BCUT2D eigenvalue weighted by Crippen LogP contribution is -2.39. The number of ether oxygens (including phenoxy) is 1. The highest BCUT2D eigenvalue weighted by molar-refractivity contribution is 7.91. The second-order valence-electron chi connectivity index (χ2n) is 11.3. The van der Waals surface area contributed by atoms with E-state index in [4.69, 9.17) is 4.74 Å². The molecule has 0 radical (unpaired) electrons. The second kappa shape index (κ2) is 9.14. The molecular formula is C28H36N4O3S. The van der Waals surface area contributed by atoms with E-state index in [9.17, 15) is 8.42 Å². The largest absolute Gasteiger partial charge is 0.481 e. The highest BCUT2D eigenvalue weighted by Gasteiger charge is 2.44. The molecule has 6 rings (SSSR count). The summed E-state index contributed by atoms with van der Waals surface area (Å²) in [6.07, 6.45) is 9.35. The van der Waals surface area contributed by atoms with Gasteiger partial charge >= 0.3 is 0 Å². The minimum atomic E-state index is -2.90. The van der Waals surface area contributed by atoms with Gasteiger partial charge in [-0.1, -0.05) is 0 Å². The standard InChI is InChI=1S/C28H36N4O3S/c1-17-10-26-25(28(31-30-26)18-8-9-29-27(13-18)35-2)14-24(17)19-11-20-15-32(16-21(20)12-19)22-4-6-23(7-5-22)36(3,33)34/h8-10,13-14,19-23H,4-7,11-12,15-16H2,1-3H3,(H,30,31)/t19?,20-,21+,22?,23?. The number of fused-ring (bicyclic) bond motifs is 2. The number of aromatic amines is 1. The van der Waals surface area contributed by atoms with Gasteiger partial charge < -0.3 is 4.74 Å². The van der Waals surface area contributed by atoms with E-state index < -0.39 is 9.84 Å². The van der Waals surface area contributed by atoms with Crippen molar-refractivity contribution in [3.05, 3.63) is 41.6 Å². The summed E-state index contributed by atoms with van der Waals surface area (Å²) < 4.78 is 29.2. The summed E-state index contributed by atoms with van der Waals surface area (Å²) in [6.45, 7) is 4.57. The summed E-state index contributed by atoms with van der Waals surface area (Å²) in [4.78, 5) is 6.92. The summed E-state index contributed by atoms with van der Waals surface area (Å²) >= 11 is 0. The zero-order chi connectivity index (χ0) is 25.0. The molecule has 1 aliphatic heterocycles. The lowest BCUT2D eigenvalue weighted by molar-refractivity contribution is 0.178. The number of rotatable bonds is 5. The Balaban J connectivity index is 1.17. The van der Waals surface area contributed by atoms with Gasteiger partial charge in [0.15, 0.2) is 0 Å². The molecule has 2 aliphatic carbocycles. The van der Waals surface area contributed by atoms with Gasteiger partial charge in [-0.25, -0.2) is 13.4 Å². The van der Waals surface area contributed by atoms with Crippen LogP contribution >= 0.6 is 0 Å². The van der Waals surface area contributed by atoms with Crippen LogP contribution in [-0.4, -0.2) is 66.2 Å². The third-order valence-electron chi connectivity index (χ3n) is 9.15. The topological polar surface area (TPSA) is 88.2 Å². The van der Waals surface area contributed by atoms with E-state index in [1.807, 2.05) is 12.1 Å². The Morgan fingerprint density at radius 3 is 2.44 bits per heavy atom. The summed E-state index contributed by atoms with van der Waals surface area (Å²) in [5.74, 6) is 2.66. The molecule has 192 valence electrons. The predicted octanol–water partition coefficient (Wildman–Crippen LogP) is 4.72. The Kier molecular flexibility index (Phi) is 6.07. The Morgan fingerprint density at radius 1 is 1.06 bits per heavy atom. The molecule has 1 unspecified atom stereocenters. The average Bonchev–Trinajstić information content (AvgIpc) is 3.56. The molecule has 3 aliphatic rings. The molecule has 36 heavy (non-hydrogen) atoms. The molecule has 7 nitrogen and oxygen atoms in total. The number of H-pyrrole nitrogens is 1. The van der Waals surface area contributed by atoms with Crippen molar-refractivity contribution in [2.45, 2.75) is 62.7 Å². The van der Waals surface area contributed by atoms with Crippen LogP contribution in [-0.2, 0) is 9.84 Å². The first-order chi connectivity index (χ1) is 17.3. The maximum Gasteiger partial charge on any atom is 0.213 e. The average molecular weight is 509 g/mol. The normalized spacial score (nSPS) is 29.0. The minimum Gasteiger partial charge on any atom is -0.481 e. The number of hydrogen-bond acceptors (Lipinski definition) is 6. The summed E-state index contributed by atoms with van der Waals surface area (Å²) in [5, 5.41) is 8.89. The van der Waals surface area contributed by atoms with Gasteiger partial charge in [0.05, 0.1) is 17.9 Å². The second-order valence-corrected chi connectivity index (χ2v) is 13.6. The predicted molar refractivity (Wildman–Crippen MR) is 142 cm³/mol. The van der Waals surface area contributed by atoms with Crippen molar-refractivity contribution in [3.8, 4) is 17.1 Å². The Morgan fingerprint density at radius 2 is 1.78 bits per heavy atom. The third kappa shape index (κ3) is 4.32. The molecule has 0 spiro atoms. The van der Waals surface area contributed by atoms with Crippen LogP contribution in [0.25, 0.3) is 22.2 Å². The molecule has 3 aromatic rings. The highest BCUT2D eigenvalue weighted by Crippen LogP contribution is 2.49. The van der Waals surface area contributed by atoms with E-state index in [2.05, 4.69) is 39.1 Å². The Bertz CT molecular complexity index is 1360. The summed E-state index contributed by atoms with van der Waals surface area (Å²) in [5.41, 5.74) is 5.82. The zero-order valence-corrected chi connectivity index (χ0v) is 22.2. The zero-order valence-electron chi connectivity index (χ0n) is 21.4. The molecule has 2 aromatic heterocycles. The monoisotopic (exact) mass is 508 g/mol. The van der Waals surface area contributed by atoms with Gasteiger partial charge in [-0.2, -0.15) is 5.10 Å². The van der Waals surface area contributed by atoms with Gasteiger partial charge in [0.25, 0.3) is 0 Å². The van der Waals surface area contributed by atoms with Crippen molar-refractivity contribution in [3.63, 3.8) is 0 Å². The number of hydrogen-bond donors (Lipinski definition) is 1. The minimum absolute atomic E-state index is 0.126. The van der Waals surface area contributed by atoms with Gasteiger partial charge in [0.2, 0.25) is 5.88 Å². The SMILES string of the molecule is COc1cc(-c2n[nH]c3cc(C)c(C4C[C@@H]5CN(C6CCC(S(C)(=O)=O)CC6)C[C@@H]5C4)cc23)ccn1. The van der Waals surface area contributed by atoms with E-state index in [0.717, 1.165) is 59.7 Å². The van der Waals surface area contributed by atoms with Gasteiger partial charge in [0, 0.05) is 48.6 Å². The first-order valence-corrected chi connectivity index (χ1v) is 15.2. The number of pyridine rings is 1. The molecule has 8 heteroatoms. The van der Waals surface area contributed by atoms with Crippen molar-refractivity contribution in [2.75, 3.05) is 26.5 Å². The lowest BCUT2D eigenvalue weighted by atomic mass is 9.89. The number of benzene rings is 1. The molecule has 1 saturated heterocycles. The van der Waals surface area contributed by atoms with Crippen LogP contribution in [0, 0.1) is 18.8 Å². The van der Waals surface area contributed by atoms with E-state index >= 15 is 0 Å². The number of nitrogens with one attached hydrogen (secondary N) is 1. The molecule has 0 amide bonds. The van der Waals surface area contributed by atoms with Gasteiger partial charge in [0.1, 0.15) is 15.5 Å². The molecule has 3 fully saturated rings. The molecule has 3 atom stereocenters. The number of likely N-dealkylation sites (tertiary alicyclic amines) is 1. The fourth-order valence-electron chi connectivity index (χ4n) is 7.24. The highest BCUT2D eigenvalue weighted by atomic mass is 32.2. The van der Waals surface area contributed by atoms with Crippen LogP contribution in [0.4, 0.5) is 0 Å². The summed E-state index contributed by atoms with van der Waals surface area (Å²) in [6, 6.07) is 9.10. The van der Waals surface area contributed by atoms with Crippen molar-refractivity contribution < 1.29 is 13.2 Å². The molecule has 0 bridgehead atoms. The Labute approximate surface area is 213 Å². The van der Waals surface area contributed by atoms with Crippen molar-refractivity contribution >= 4 is 20.7 Å². The van der Waals surface area contributed by atoms with Crippen LogP contribution in [0.15, 0.2) is 30.5 Å². The summed E-state index contributed by atoms with van der Waals surface area (Å²) in [7, 11) is -1.27. The fourth-order valence-corrected chi connectivity index (χ4v) is 8.37. The van der Waals surface area contributed by atoms with Crippen LogP contribution in [0.1, 0.15) is 55.6 Å². The molecule has 3 heterocycles. The van der Waals surface area contributed by atoms with Crippen LogP contribution < -0.4 is 4.74 Å². The number of nitrogens with zero attached hydrogens (tertiary/aromatic N) is 3. The Hall–Kier alpha value is -2.45. The molecule has 1 aromatic carbocycles. The molecular weight excluding hydrogens is 472 g/mol. The lowest BCUT2D eigenvalue weighted by Gasteiger charge is -2.34. The van der Waals surface area contributed by atoms with Crippen LogP contribution in [0.2, 0.25) is 0 Å². The number of sulfone groups is 1. The molecule has 1 N–H and O–H groups in total. The maximum atomic E-state index is 11.9. The number of aryl methyl sites for hydroxylation is 1. The van der Waals surface area contributed by atoms with Crippen molar-refractivity contribution in [1.82, 2.24) is 20.1 Å². The third-order valence-corrected chi connectivity index (χ3v) is 10.8. The number of aromatic nitrogens is 3. The fraction of sp³-hybridized carbons (Fsp3) is 0.571. The van der Waals surface area contributed by atoms with Gasteiger partial charge in [-0.3, -0.25) is 10.00 Å². The van der Waals surface area contributed by atoms with E-state index in [1.165, 1.54) is 43.3 Å². The van der Waals surface area contributed by atoms with Gasteiger partial charge in [-0.05, 0) is 92.5 Å². The molecule has 2 saturated carbocycles. The first-order valence-electron chi connectivity index (χ1n) is 13.2.